The van der Waals surface area contributed by atoms with E-state index in [0.717, 1.165) is 12.8 Å². The van der Waals surface area contributed by atoms with E-state index in [2.05, 4.69) is 5.32 Å². The van der Waals surface area contributed by atoms with Crippen LogP contribution in [0.25, 0.3) is 0 Å². The third-order valence-electron chi connectivity index (χ3n) is 3.24. The first-order chi connectivity index (χ1) is 11.7. The number of nitrogens with two attached hydrogens (primary N) is 1. The fourth-order valence-electron chi connectivity index (χ4n) is 2.05. The Bertz CT molecular complexity index is 673. The maximum absolute atomic E-state index is 12.2. The van der Waals surface area contributed by atoms with Gasteiger partial charge in [-0.2, -0.15) is 0 Å². The van der Waals surface area contributed by atoms with Gasteiger partial charge in [-0.1, -0.05) is 13.8 Å². The number of nitrogens with one attached hydrogen (secondary N) is 1. The first-order valence-electron chi connectivity index (χ1n) is 8.16. The number of anilines is 1. The molecule has 0 bridgehead atoms. The van der Waals surface area contributed by atoms with Crippen molar-refractivity contribution in [1.82, 2.24) is 0 Å². The van der Waals surface area contributed by atoms with Crippen molar-refractivity contribution in [1.29, 1.82) is 0 Å². The van der Waals surface area contributed by atoms with Crippen molar-refractivity contribution in [2.24, 2.45) is 5.73 Å². The average Bonchev–Trinajstić information content (AvgIpc) is 3.08. The molecule has 0 spiro atoms. The van der Waals surface area contributed by atoms with Crippen molar-refractivity contribution >= 4 is 24.0 Å². The number of carbonyl (C=O) groups is 1. The van der Waals surface area contributed by atoms with Crippen LogP contribution in [0.1, 0.15) is 42.8 Å². The van der Waals surface area contributed by atoms with E-state index in [9.17, 15) is 4.79 Å². The van der Waals surface area contributed by atoms with Crippen LogP contribution in [0.5, 0.6) is 11.5 Å². The molecule has 0 atom stereocenters. The molecule has 1 aromatic heterocycles. The van der Waals surface area contributed by atoms with Gasteiger partial charge in [0.1, 0.15) is 12.0 Å². The summed E-state index contributed by atoms with van der Waals surface area (Å²) >= 11 is 0. The summed E-state index contributed by atoms with van der Waals surface area (Å²) in [6, 6.07) is 6.98. The number of carbonyl (C=O) groups excluding carboxylic acids is 1. The van der Waals surface area contributed by atoms with E-state index >= 15 is 0 Å². The summed E-state index contributed by atoms with van der Waals surface area (Å²) in [7, 11) is 0. The van der Waals surface area contributed by atoms with Crippen LogP contribution in [-0.2, 0) is 6.54 Å². The molecule has 0 saturated heterocycles. The minimum atomic E-state index is -0.262. The third-order valence-corrected chi connectivity index (χ3v) is 3.24. The van der Waals surface area contributed by atoms with Gasteiger partial charge in [-0.15, -0.1) is 12.4 Å². The van der Waals surface area contributed by atoms with Crippen LogP contribution in [0.3, 0.4) is 0 Å². The quantitative estimate of drug-likeness (QED) is 0.698. The second-order valence-corrected chi connectivity index (χ2v) is 5.32. The molecular weight excluding hydrogens is 344 g/mol. The third kappa shape index (κ3) is 5.99. The van der Waals surface area contributed by atoms with Crippen molar-refractivity contribution in [2.75, 3.05) is 18.5 Å². The molecule has 25 heavy (non-hydrogen) atoms. The number of ether oxygens (including phenoxy) is 2. The second kappa shape index (κ2) is 10.6. The zero-order valence-electron chi connectivity index (χ0n) is 14.5. The number of hydrogen-bond donors (Lipinski definition) is 2. The number of amides is 1. The Balaban J connectivity index is 0.00000312. The monoisotopic (exact) mass is 368 g/mol. The van der Waals surface area contributed by atoms with E-state index in [1.165, 1.54) is 6.26 Å². The minimum absolute atomic E-state index is 0. The Morgan fingerprint density at radius 1 is 1.12 bits per heavy atom. The molecule has 0 saturated carbocycles. The molecule has 1 aromatic carbocycles. The summed E-state index contributed by atoms with van der Waals surface area (Å²) in [5, 5.41) is 2.82. The van der Waals surface area contributed by atoms with Gasteiger partial charge in [0, 0.05) is 11.8 Å². The van der Waals surface area contributed by atoms with Crippen LogP contribution in [0.4, 0.5) is 5.69 Å². The smallest absolute Gasteiger partial charge is 0.258 e. The van der Waals surface area contributed by atoms with E-state index in [4.69, 9.17) is 19.6 Å². The SMILES string of the molecule is CCCOc1ccc(NC(=O)c2coc(CN)c2)cc1OCCC.Cl. The molecule has 0 unspecified atom stereocenters. The Labute approximate surface area is 154 Å². The van der Waals surface area contributed by atoms with Gasteiger partial charge < -0.3 is 24.9 Å². The average molecular weight is 369 g/mol. The molecule has 7 heteroatoms. The predicted octanol–water partition coefficient (Wildman–Crippen LogP) is 3.99. The Morgan fingerprint density at radius 3 is 2.40 bits per heavy atom. The number of halogens is 1. The molecule has 1 heterocycles. The summed E-state index contributed by atoms with van der Waals surface area (Å²) in [6.45, 7) is 5.53. The van der Waals surface area contributed by atoms with Crippen molar-refractivity contribution in [3.05, 3.63) is 41.9 Å². The van der Waals surface area contributed by atoms with Crippen LogP contribution in [-0.4, -0.2) is 19.1 Å². The summed E-state index contributed by atoms with van der Waals surface area (Å²) < 4.78 is 16.6. The molecule has 1 amide bonds. The fraction of sp³-hybridized carbons (Fsp3) is 0.389. The van der Waals surface area contributed by atoms with Crippen LogP contribution in [0, 0.1) is 0 Å². The first kappa shape index (κ1) is 20.9. The Morgan fingerprint density at radius 2 is 1.80 bits per heavy atom. The maximum Gasteiger partial charge on any atom is 0.258 e. The zero-order valence-corrected chi connectivity index (χ0v) is 15.4. The molecule has 0 aliphatic rings. The van der Waals surface area contributed by atoms with Gasteiger partial charge in [-0.3, -0.25) is 4.79 Å². The summed E-state index contributed by atoms with van der Waals surface area (Å²) in [5.74, 6) is 1.60. The lowest BCUT2D eigenvalue weighted by Crippen LogP contribution is -2.11. The van der Waals surface area contributed by atoms with Crippen LogP contribution in [0.2, 0.25) is 0 Å². The number of hydrogen-bond acceptors (Lipinski definition) is 5. The normalized spacial score (nSPS) is 10.0. The molecule has 2 rings (SSSR count). The summed E-state index contributed by atoms with van der Waals surface area (Å²) in [4.78, 5) is 12.2. The molecule has 2 aromatic rings. The Hall–Kier alpha value is -2.18. The van der Waals surface area contributed by atoms with Gasteiger partial charge in [0.15, 0.2) is 11.5 Å². The van der Waals surface area contributed by atoms with E-state index < -0.39 is 0 Å². The highest BCUT2D eigenvalue weighted by Crippen LogP contribution is 2.31. The summed E-state index contributed by atoms with van der Waals surface area (Å²) in [6.07, 6.45) is 3.20. The zero-order chi connectivity index (χ0) is 17.4. The van der Waals surface area contributed by atoms with E-state index in [1.807, 2.05) is 13.8 Å². The van der Waals surface area contributed by atoms with Crippen molar-refractivity contribution in [3.63, 3.8) is 0 Å². The van der Waals surface area contributed by atoms with Crippen LogP contribution < -0.4 is 20.5 Å². The standard InChI is InChI=1S/C18H24N2O4.ClH/c1-3-7-22-16-6-5-14(10-17(16)23-8-4-2)20-18(21)13-9-15(11-19)24-12-13;/h5-6,9-10,12H,3-4,7-8,11,19H2,1-2H3,(H,20,21);1H. The van der Waals surface area contributed by atoms with Gasteiger partial charge in [0.05, 0.1) is 25.3 Å². The number of benzene rings is 1. The van der Waals surface area contributed by atoms with Gasteiger partial charge in [0.2, 0.25) is 0 Å². The van der Waals surface area contributed by atoms with Gasteiger partial charge >= 0.3 is 0 Å². The first-order valence-corrected chi connectivity index (χ1v) is 8.16. The number of furan rings is 1. The second-order valence-electron chi connectivity index (χ2n) is 5.32. The molecule has 6 nitrogen and oxygen atoms in total. The van der Waals surface area contributed by atoms with Crippen LogP contribution >= 0.6 is 12.4 Å². The molecule has 3 N–H and O–H groups in total. The van der Waals surface area contributed by atoms with Crippen molar-refractivity contribution in [2.45, 2.75) is 33.2 Å². The lowest BCUT2D eigenvalue weighted by Gasteiger charge is -2.14. The van der Waals surface area contributed by atoms with E-state index in [0.29, 0.717) is 41.7 Å². The van der Waals surface area contributed by atoms with Gasteiger partial charge in [-0.25, -0.2) is 0 Å². The van der Waals surface area contributed by atoms with Gasteiger partial charge in [-0.05, 0) is 31.0 Å². The van der Waals surface area contributed by atoms with Crippen LogP contribution in [0.15, 0.2) is 34.9 Å². The topological polar surface area (TPSA) is 86.7 Å². The fourth-order valence-corrected chi connectivity index (χ4v) is 2.05. The lowest BCUT2D eigenvalue weighted by molar-refractivity contribution is 0.102. The predicted molar refractivity (Wildman–Crippen MR) is 99.8 cm³/mol. The highest BCUT2D eigenvalue weighted by Gasteiger charge is 2.12. The lowest BCUT2D eigenvalue weighted by atomic mass is 10.2. The highest BCUT2D eigenvalue weighted by molar-refractivity contribution is 6.04. The Kier molecular flexibility index (Phi) is 8.88. The summed E-state index contributed by atoms with van der Waals surface area (Å²) in [5.41, 5.74) is 6.54. The molecule has 0 radical (unpaired) electrons. The molecule has 0 aliphatic heterocycles. The van der Waals surface area contributed by atoms with Crippen molar-refractivity contribution in [3.8, 4) is 11.5 Å². The largest absolute Gasteiger partial charge is 0.490 e. The number of rotatable bonds is 9. The molecule has 0 fully saturated rings. The van der Waals surface area contributed by atoms with E-state index in [1.54, 1.807) is 24.3 Å². The molecule has 138 valence electrons. The highest BCUT2D eigenvalue weighted by atomic mass is 35.5. The van der Waals surface area contributed by atoms with Gasteiger partial charge in [0.25, 0.3) is 5.91 Å². The van der Waals surface area contributed by atoms with Crippen molar-refractivity contribution < 1.29 is 18.7 Å². The van der Waals surface area contributed by atoms with E-state index in [-0.39, 0.29) is 24.9 Å². The maximum atomic E-state index is 12.2. The molecule has 0 aliphatic carbocycles. The molecular formula is C18H25ClN2O4. The minimum Gasteiger partial charge on any atom is -0.490 e.